The molecule has 4 nitrogen and oxygen atoms in total. The molecule has 0 spiro atoms. The van der Waals surface area contributed by atoms with E-state index < -0.39 is 11.5 Å². The zero-order chi connectivity index (χ0) is 24.9. The van der Waals surface area contributed by atoms with Gasteiger partial charge in [0.2, 0.25) is 0 Å². The minimum absolute atomic E-state index is 0.265. The summed E-state index contributed by atoms with van der Waals surface area (Å²) in [6, 6.07) is 32.1. The highest BCUT2D eigenvalue weighted by Gasteiger charge is 2.51. The number of carbonyl (C=O) groups is 2. The molecule has 1 unspecified atom stereocenters. The Hall–Kier alpha value is -3.99. The molecule has 1 aliphatic heterocycles. The SMILES string of the molecule is O=C(CC1(O)C(=O)N(Cc2cccc3ccccc23)c2ccc(Cl)cc21)c1ccc2ccccc2c1. The molecule has 5 aromatic carbocycles. The fourth-order valence-electron chi connectivity index (χ4n) is 5.15. The molecular formula is C31H22ClNO3. The van der Waals surface area contributed by atoms with E-state index in [2.05, 4.69) is 0 Å². The number of halogens is 1. The molecule has 0 fully saturated rings. The van der Waals surface area contributed by atoms with Gasteiger partial charge in [0.25, 0.3) is 5.91 Å². The second-order valence-electron chi connectivity index (χ2n) is 9.21. The number of Topliss-reactive ketones (excluding diaryl/α,β-unsaturated/α-hetero) is 1. The molecule has 5 heteroatoms. The molecule has 176 valence electrons. The molecule has 0 saturated heterocycles. The number of anilines is 1. The summed E-state index contributed by atoms with van der Waals surface area (Å²) >= 11 is 6.28. The number of benzene rings is 5. The van der Waals surface area contributed by atoms with E-state index in [1.165, 1.54) is 0 Å². The summed E-state index contributed by atoms with van der Waals surface area (Å²) in [5.41, 5.74) is 0.312. The van der Waals surface area contributed by atoms with E-state index in [0.717, 1.165) is 27.1 Å². The van der Waals surface area contributed by atoms with Crippen molar-refractivity contribution < 1.29 is 14.7 Å². The van der Waals surface area contributed by atoms with Gasteiger partial charge in [0, 0.05) is 16.1 Å². The van der Waals surface area contributed by atoms with Crippen molar-refractivity contribution in [2.75, 3.05) is 4.90 Å². The molecule has 1 amide bonds. The summed E-state index contributed by atoms with van der Waals surface area (Å²) in [6.45, 7) is 0.265. The third-order valence-electron chi connectivity index (χ3n) is 6.99. The lowest BCUT2D eigenvalue weighted by molar-refractivity contribution is -0.136. The van der Waals surface area contributed by atoms with Gasteiger partial charge in [-0.05, 0) is 51.4 Å². The molecule has 6 rings (SSSR count). The zero-order valence-corrected chi connectivity index (χ0v) is 20.1. The maximum Gasteiger partial charge on any atom is 0.264 e. The molecule has 0 bridgehead atoms. The molecule has 0 saturated carbocycles. The van der Waals surface area contributed by atoms with E-state index in [-0.39, 0.29) is 18.7 Å². The van der Waals surface area contributed by atoms with Gasteiger partial charge in [0.05, 0.1) is 18.7 Å². The maximum absolute atomic E-state index is 13.8. The normalized spacial score (nSPS) is 17.1. The van der Waals surface area contributed by atoms with Crippen molar-refractivity contribution in [3.63, 3.8) is 0 Å². The number of amides is 1. The van der Waals surface area contributed by atoms with Crippen LogP contribution >= 0.6 is 11.6 Å². The van der Waals surface area contributed by atoms with E-state index in [4.69, 9.17) is 11.6 Å². The minimum atomic E-state index is -2.01. The molecule has 36 heavy (non-hydrogen) atoms. The highest BCUT2D eigenvalue weighted by atomic mass is 35.5. The van der Waals surface area contributed by atoms with Crippen LogP contribution in [0.1, 0.15) is 27.9 Å². The number of nitrogens with zero attached hydrogens (tertiary/aromatic N) is 1. The van der Waals surface area contributed by atoms with Crippen molar-refractivity contribution in [2.45, 2.75) is 18.6 Å². The predicted molar refractivity (Wildman–Crippen MR) is 143 cm³/mol. The number of fused-ring (bicyclic) bond motifs is 3. The summed E-state index contributed by atoms with van der Waals surface area (Å²) in [4.78, 5) is 28.7. The van der Waals surface area contributed by atoms with Crippen molar-refractivity contribution in [3.8, 4) is 0 Å². The Labute approximate surface area is 213 Å². The number of hydrogen-bond donors (Lipinski definition) is 1. The van der Waals surface area contributed by atoms with Gasteiger partial charge in [0.15, 0.2) is 11.4 Å². The lowest BCUT2D eigenvalue weighted by atomic mass is 9.87. The summed E-state index contributed by atoms with van der Waals surface area (Å²) in [5.74, 6) is -0.837. The quantitative estimate of drug-likeness (QED) is 0.280. The standard InChI is InChI=1S/C31H22ClNO3/c32-25-14-15-28-27(17-25)31(36,18-29(34)23-13-12-20-6-1-2-8-22(20)16-23)30(35)33(28)19-24-10-5-9-21-7-3-4-11-26(21)24/h1-17,36H,18-19H2. The monoisotopic (exact) mass is 491 g/mol. The molecule has 1 heterocycles. The topological polar surface area (TPSA) is 57.6 Å². The average molecular weight is 492 g/mol. The molecule has 1 aliphatic rings. The molecule has 1 atom stereocenters. The molecule has 0 aliphatic carbocycles. The van der Waals surface area contributed by atoms with Crippen LogP contribution in [0, 0.1) is 0 Å². The van der Waals surface area contributed by atoms with Crippen LogP contribution in [-0.2, 0) is 16.9 Å². The highest BCUT2D eigenvalue weighted by molar-refractivity contribution is 6.31. The molecule has 0 aromatic heterocycles. The first-order chi connectivity index (χ1) is 17.4. The van der Waals surface area contributed by atoms with Crippen molar-refractivity contribution in [1.29, 1.82) is 0 Å². The fourth-order valence-corrected chi connectivity index (χ4v) is 5.32. The van der Waals surface area contributed by atoms with Gasteiger partial charge < -0.3 is 10.0 Å². The number of rotatable bonds is 5. The third-order valence-corrected chi connectivity index (χ3v) is 7.23. The summed E-state index contributed by atoms with van der Waals surface area (Å²) in [5, 5.41) is 16.2. The Morgan fingerprint density at radius 3 is 2.36 bits per heavy atom. The first kappa shape index (κ1) is 22.5. The van der Waals surface area contributed by atoms with Crippen LogP contribution in [0.15, 0.2) is 103 Å². The van der Waals surface area contributed by atoms with Gasteiger partial charge in [-0.15, -0.1) is 0 Å². The zero-order valence-electron chi connectivity index (χ0n) is 19.3. The van der Waals surface area contributed by atoms with E-state index in [9.17, 15) is 14.7 Å². The molecule has 1 N–H and O–H groups in total. The van der Waals surface area contributed by atoms with Crippen LogP contribution in [-0.4, -0.2) is 16.8 Å². The van der Waals surface area contributed by atoms with Crippen LogP contribution in [0.2, 0.25) is 5.02 Å². The largest absolute Gasteiger partial charge is 0.375 e. The Kier molecular flexibility index (Phi) is 5.36. The predicted octanol–water partition coefficient (Wildman–Crippen LogP) is 6.65. The average Bonchev–Trinajstić information content (AvgIpc) is 3.09. The first-order valence-corrected chi connectivity index (χ1v) is 12.1. The smallest absolute Gasteiger partial charge is 0.264 e. The molecule has 5 aromatic rings. The van der Waals surface area contributed by atoms with Gasteiger partial charge in [-0.3, -0.25) is 9.59 Å². The lowest BCUT2D eigenvalue weighted by Gasteiger charge is -2.23. The molecule has 0 radical (unpaired) electrons. The highest BCUT2D eigenvalue weighted by Crippen LogP contribution is 2.45. The Morgan fingerprint density at radius 2 is 1.53 bits per heavy atom. The minimum Gasteiger partial charge on any atom is -0.375 e. The summed E-state index contributed by atoms with van der Waals surface area (Å²) < 4.78 is 0. The van der Waals surface area contributed by atoms with Gasteiger partial charge in [-0.2, -0.15) is 0 Å². The van der Waals surface area contributed by atoms with Gasteiger partial charge in [-0.1, -0.05) is 90.5 Å². The Morgan fingerprint density at radius 1 is 0.806 bits per heavy atom. The Balaban J connectivity index is 1.38. The lowest BCUT2D eigenvalue weighted by Crippen LogP contribution is -2.41. The number of aliphatic hydroxyl groups is 1. The number of carbonyl (C=O) groups excluding carboxylic acids is 2. The Bertz CT molecular complexity index is 1670. The molecular weight excluding hydrogens is 470 g/mol. The first-order valence-electron chi connectivity index (χ1n) is 11.8. The van der Waals surface area contributed by atoms with Crippen LogP contribution < -0.4 is 4.90 Å². The fraction of sp³-hybridized carbons (Fsp3) is 0.0968. The van der Waals surface area contributed by atoms with Gasteiger partial charge >= 0.3 is 0 Å². The van der Waals surface area contributed by atoms with Crippen molar-refractivity contribution >= 4 is 50.5 Å². The third kappa shape index (κ3) is 3.67. The van der Waals surface area contributed by atoms with E-state index in [0.29, 0.717) is 21.8 Å². The van der Waals surface area contributed by atoms with Crippen molar-refractivity contribution in [3.05, 3.63) is 125 Å². The van der Waals surface area contributed by atoms with Crippen LogP contribution in [0.4, 0.5) is 5.69 Å². The van der Waals surface area contributed by atoms with Crippen molar-refractivity contribution in [1.82, 2.24) is 0 Å². The van der Waals surface area contributed by atoms with Crippen LogP contribution in [0.3, 0.4) is 0 Å². The van der Waals surface area contributed by atoms with Gasteiger partial charge in [0.1, 0.15) is 0 Å². The summed E-state index contributed by atoms with van der Waals surface area (Å²) in [7, 11) is 0. The van der Waals surface area contributed by atoms with Crippen molar-refractivity contribution in [2.24, 2.45) is 0 Å². The van der Waals surface area contributed by atoms with E-state index >= 15 is 0 Å². The van der Waals surface area contributed by atoms with E-state index in [1.807, 2.05) is 72.8 Å². The van der Waals surface area contributed by atoms with Crippen LogP contribution in [0.5, 0.6) is 0 Å². The maximum atomic E-state index is 13.8. The van der Waals surface area contributed by atoms with Gasteiger partial charge in [-0.25, -0.2) is 0 Å². The van der Waals surface area contributed by atoms with Crippen LogP contribution in [0.25, 0.3) is 21.5 Å². The van der Waals surface area contributed by atoms with E-state index in [1.54, 1.807) is 35.2 Å². The summed E-state index contributed by atoms with van der Waals surface area (Å²) in [6.07, 6.45) is -0.371. The number of ketones is 1. The second kappa shape index (κ2) is 8.59. The second-order valence-corrected chi connectivity index (χ2v) is 9.65. The number of hydrogen-bond acceptors (Lipinski definition) is 3.